The molecule has 1 N–H and O–H groups in total. The van der Waals surface area contributed by atoms with Crippen LogP contribution in [0.2, 0.25) is 0 Å². The minimum Gasteiger partial charge on any atom is -0.497 e. The number of hydrogen-bond acceptors (Lipinski definition) is 3. The third-order valence-electron chi connectivity index (χ3n) is 5.96. The molecule has 0 radical (unpaired) electrons. The molecule has 1 atom stereocenters. The Morgan fingerprint density at radius 3 is 2.40 bits per heavy atom. The number of carbonyl (C=O) groups is 2. The highest BCUT2D eigenvalue weighted by Crippen LogP contribution is 2.30. The van der Waals surface area contributed by atoms with E-state index >= 15 is 0 Å². The van der Waals surface area contributed by atoms with Crippen LogP contribution in [-0.2, 0) is 22.6 Å². The van der Waals surface area contributed by atoms with Gasteiger partial charge in [-0.2, -0.15) is 0 Å². The van der Waals surface area contributed by atoms with Crippen LogP contribution in [0.4, 0.5) is 0 Å². The van der Waals surface area contributed by atoms with Crippen molar-refractivity contribution in [2.24, 2.45) is 5.41 Å². The molecular weight excluding hydrogens is 376 g/mol. The van der Waals surface area contributed by atoms with Crippen LogP contribution in [0.5, 0.6) is 5.75 Å². The van der Waals surface area contributed by atoms with Crippen LogP contribution in [0, 0.1) is 12.3 Å². The van der Waals surface area contributed by atoms with Gasteiger partial charge in [-0.05, 0) is 56.4 Å². The summed E-state index contributed by atoms with van der Waals surface area (Å²) in [5.41, 5.74) is 2.85. The number of rotatable bonds is 7. The summed E-state index contributed by atoms with van der Waals surface area (Å²) in [6, 6.07) is 16.0. The molecule has 1 aliphatic rings. The molecule has 2 aromatic carbocycles. The molecule has 0 aromatic heterocycles. The first kappa shape index (κ1) is 21.9. The predicted octanol–water partition coefficient (Wildman–Crippen LogP) is 3.88. The lowest BCUT2D eigenvalue weighted by Crippen LogP contribution is -2.51. The Hall–Kier alpha value is -2.82. The maximum Gasteiger partial charge on any atom is 0.227 e. The highest BCUT2D eigenvalue weighted by Gasteiger charge is 2.39. The van der Waals surface area contributed by atoms with Gasteiger partial charge in [-0.25, -0.2) is 0 Å². The normalized spacial score (nSPS) is 18.7. The van der Waals surface area contributed by atoms with Crippen molar-refractivity contribution in [3.63, 3.8) is 0 Å². The standard InChI is InChI=1S/C25H32N2O3/c1-19-5-7-21(8-6-19)17-26-24(29)25(2)15-4-16-27(18-25)23(28)14-11-20-9-12-22(30-3)13-10-20/h5-10,12-13H,4,11,14-18H2,1-3H3,(H,26,29)/t25-/m1/s1. The van der Waals surface area contributed by atoms with Crippen molar-refractivity contribution in [1.82, 2.24) is 10.2 Å². The largest absolute Gasteiger partial charge is 0.497 e. The molecule has 3 rings (SSSR count). The van der Waals surface area contributed by atoms with E-state index in [2.05, 4.69) is 5.32 Å². The van der Waals surface area contributed by atoms with Crippen LogP contribution in [0.3, 0.4) is 0 Å². The zero-order valence-corrected chi connectivity index (χ0v) is 18.2. The number of ether oxygens (including phenoxy) is 1. The SMILES string of the molecule is COc1ccc(CCC(=O)N2CCC[C@@](C)(C(=O)NCc3ccc(C)cc3)C2)cc1. The lowest BCUT2D eigenvalue weighted by Gasteiger charge is -2.39. The van der Waals surface area contributed by atoms with Gasteiger partial charge in [-0.3, -0.25) is 9.59 Å². The molecule has 5 nitrogen and oxygen atoms in total. The number of nitrogens with one attached hydrogen (secondary N) is 1. The Labute approximate surface area is 179 Å². The van der Waals surface area contributed by atoms with Gasteiger partial charge in [0.2, 0.25) is 11.8 Å². The van der Waals surface area contributed by atoms with Gasteiger partial charge in [0.25, 0.3) is 0 Å². The fourth-order valence-corrected chi connectivity index (χ4v) is 3.94. The fourth-order valence-electron chi connectivity index (χ4n) is 3.94. The lowest BCUT2D eigenvalue weighted by molar-refractivity contribution is -0.140. The first-order chi connectivity index (χ1) is 14.4. The van der Waals surface area contributed by atoms with Crippen LogP contribution in [0.15, 0.2) is 48.5 Å². The second-order valence-corrected chi connectivity index (χ2v) is 8.50. The van der Waals surface area contributed by atoms with Gasteiger partial charge in [-0.1, -0.05) is 42.0 Å². The third kappa shape index (κ3) is 5.62. The van der Waals surface area contributed by atoms with E-state index in [1.165, 1.54) is 5.56 Å². The first-order valence-corrected chi connectivity index (χ1v) is 10.6. The van der Waals surface area contributed by atoms with Gasteiger partial charge >= 0.3 is 0 Å². The Morgan fingerprint density at radius 2 is 1.73 bits per heavy atom. The summed E-state index contributed by atoms with van der Waals surface area (Å²) in [7, 11) is 1.64. The van der Waals surface area contributed by atoms with Gasteiger partial charge in [0.05, 0.1) is 12.5 Å². The van der Waals surface area contributed by atoms with E-state index in [0.29, 0.717) is 25.9 Å². The molecule has 1 saturated heterocycles. The molecule has 160 valence electrons. The van der Waals surface area contributed by atoms with Crippen molar-refractivity contribution in [3.8, 4) is 5.75 Å². The van der Waals surface area contributed by atoms with Crippen molar-refractivity contribution in [1.29, 1.82) is 0 Å². The van der Waals surface area contributed by atoms with Gasteiger partial charge in [0.15, 0.2) is 0 Å². The van der Waals surface area contributed by atoms with Gasteiger partial charge < -0.3 is 15.0 Å². The van der Waals surface area contributed by atoms with Crippen LogP contribution < -0.4 is 10.1 Å². The first-order valence-electron chi connectivity index (χ1n) is 10.6. The summed E-state index contributed by atoms with van der Waals surface area (Å²) < 4.78 is 5.18. The third-order valence-corrected chi connectivity index (χ3v) is 5.96. The average Bonchev–Trinajstić information content (AvgIpc) is 2.77. The van der Waals surface area contributed by atoms with Crippen molar-refractivity contribution in [2.75, 3.05) is 20.2 Å². The van der Waals surface area contributed by atoms with Crippen LogP contribution in [0.1, 0.15) is 42.9 Å². The molecule has 0 unspecified atom stereocenters. The molecular formula is C25H32N2O3. The Balaban J connectivity index is 1.52. The average molecular weight is 409 g/mol. The van der Waals surface area contributed by atoms with Gasteiger partial charge in [0.1, 0.15) is 5.75 Å². The molecule has 0 aliphatic carbocycles. The summed E-state index contributed by atoms with van der Waals surface area (Å²) in [4.78, 5) is 27.6. The van der Waals surface area contributed by atoms with E-state index in [0.717, 1.165) is 36.3 Å². The highest BCUT2D eigenvalue weighted by molar-refractivity contribution is 5.84. The lowest BCUT2D eigenvalue weighted by atomic mass is 9.80. The Kier molecular flexibility index (Phi) is 7.14. The van der Waals surface area contributed by atoms with E-state index in [4.69, 9.17) is 4.74 Å². The molecule has 0 spiro atoms. The maximum absolute atomic E-state index is 12.9. The highest BCUT2D eigenvalue weighted by atomic mass is 16.5. The Morgan fingerprint density at radius 1 is 1.07 bits per heavy atom. The summed E-state index contributed by atoms with van der Waals surface area (Å²) in [6.45, 7) is 5.74. The minimum absolute atomic E-state index is 0.0238. The van der Waals surface area contributed by atoms with Crippen LogP contribution in [-0.4, -0.2) is 36.9 Å². The minimum atomic E-state index is -0.543. The maximum atomic E-state index is 12.9. The van der Waals surface area contributed by atoms with Crippen LogP contribution in [0.25, 0.3) is 0 Å². The predicted molar refractivity (Wildman–Crippen MR) is 118 cm³/mol. The molecule has 2 amide bonds. The molecule has 5 heteroatoms. The number of piperidine rings is 1. The number of hydrogen-bond donors (Lipinski definition) is 1. The van der Waals surface area contributed by atoms with Crippen molar-refractivity contribution >= 4 is 11.8 Å². The zero-order valence-electron chi connectivity index (χ0n) is 18.2. The molecule has 1 heterocycles. The van der Waals surface area contributed by atoms with E-state index in [-0.39, 0.29) is 11.8 Å². The van der Waals surface area contributed by atoms with E-state index in [9.17, 15) is 9.59 Å². The summed E-state index contributed by atoms with van der Waals surface area (Å²) in [5, 5.41) is 3.07. The number of amides is 2. The fraction of sp³-hybridized carbons (Fsp3) is 0.440. The molecule has 1 aliphatic heterocycles. The van der Waals surface area contributed by atoms with E-state index in [1.54, 1.807) is 7.11 Å². The van der Waals surface area contributed by atoms with Gasteiger partial charge in [0, 0.05) is 26.1 Å². The molecule has 0 bridgehead atoms. The number of likely N-dealkylation sites (tertiary alicyclic amines) is 1. The number of nitrogens with zero attached hydrogens (tertiary/aromatic N) is 1. The van der Waals surface area contributed by atoms with Crippen molar-refractivity contribution < 1.29 is 14.3 Å². The summed E-state index contributed by atoms with van der Waals surface area (Å²) >= 11 is 0. The van der Waals surface area contributed by atoms with Crippen molar-refractivity contribution in [3.05, 3.63) is 65.2 Å². The van der Waals surface area contributed by atoms with Crippen LogP contribution >= 0.6 is 0 Å². The summed E-state index contributed by atoms with van der Waals surface area (Å²) in [6.07, 6.45) is 2.79. The number of carbonyl (C=O) groups excluding carboxylic acids is 2. The monoisotopic (exact) mass is 408 g/mol. The van der Waals surface area contributed by atoms with Gasteiger partial charge in [-0.15, -0.1) is 0 Å². The number of aryl methyl sites for hydroxylation is 2. The molecule has 1 fully saturated rings. The molecule has 30 heavy (non-hydrogen) atoms. The second-order valence-electron chi connectivity index (χ2n) is 8.50. The van der Waals surface area contributed by atoms with E-state index in [1.807, 2.05) is 67.3 Å². The quantitative estimate of drug-likeness (QED) is 0.756. The second kappa shape index (κ2) is 9.79. The number of benzene rings is 2. The molecule has 2 aromatic rings. The van der Waals surface area contributed by atoms with Crippen molar-refractivity contribution in [2.45, 2.75) is 46.1 Å². The smallest absolute Gasteiger partial charge is 0.227 e. The topological polar surface area (TPSA) is 58.6 Å². The van der Waals surface area contributed by atoms with E-state index < -0.39 is 5.41 Å². The zero-order chi connectivity index (χ0) is 21.6. The Bertz CT molecular complexity index is 861. The summed E-state index contributed by atoms with van der Waals surface area (Å²) in [5.74, 6) is 0.951. The molecule has 0 saturated carbocycles. The number of methoxy groups -OCH3 is 1.